The minimum absolute atomic E-state index is 0.0209. The summed E-state index contributed by atoms with van der Waals surface area (Å²) < 4.78 is 0. The van der Waals surface area contributed by atoms with Gasteiger partial charge in [-0.3, -0.25) is 0 Å². The minimum atomic E-state index is -0.212. The van der Waals surface area contributed by atoms with E-state index in [1.165, 1.54) is 141 Å². The molecular formula is C74H80BN3. The van der Waals surface area contributed by atoms with Gasteiger partial charge in [-0.2, -0.15) is 0 Å². The van der Waals surface area contributed by atoms with Crippen molar-refractivity contribution in [2.45, 2.75) is 169 Å². The molecule has 78 heavy (non-hydrogen) atoms. The van der Waals surface area contributed by atoms with E-state index in [1.54, 1.807) is 0 Å². The Morgan fingerprint density at radius 2 is 0.987 bits per heavy atom. The van der Waals surface area contributed by atoms with E-state index in [4.69, 9.17) is 0 Å². The lowest BCUT2D eigenvalue weighted by Crippen LogP contribution is -2.62. The molecule has 4 heteroatoms. The maximum Gasteiger partial charge on any atom is 0.252 e. The number of fused-ring (bicyclic) bond motifs is 9. The number of nitrogens with zero attached hydrogens (tertiary/aromatic N) is 3. The summed E-state index contributed by atoms with van der Waals surface area (Å²) in [6.07, 6.45) is 4.68. The lowest BCUT2D eigenvalue weighted by Gasteiger charge is -2.48. The molecule has 0 radical (unpaired) electrons. The first-order valence-corrected chi connectivity index (χ1v) is 29.2. The molecule has 2 heterocycles. The van der Waals surface area contributed by atoms with Crippen molar-refractivity contribution in [2.24, 2.45) is 0 Å². The first kappa shape index (κ1) is 50.7. The predicted octanol–water partition coefficient (Wildman–Crippen LogP) is 18.5. The summed E-state index contributed by atoms with van der Waals surface area (Å²) >= 11 is 0. The topological polar surface area (TPSA) is 9.72 Å². The average molecular weight is 1020 g/mol. The van der Waals surface area contributed by atoms with Crippen LogP contribution in [0.1, 0.15) is 171 Å². The zero-order valence-corrected chi connectivity index (χ0v) is 49.6. The Balaban J connectivity index is 1.17. The second-order valence-corrected chi connectivity index (χ2v) is 28.5. The summed E-state index contributed by atoms with van der Waals surface area (Å²) in [6.45, 7) is 38.8. The number of anilines is 9. The van der Waals surface area contributed by atoms with E-state index >= 15 is 0 Å². The Morgan fingerprint density at radius 1 is 0.449 bits per heavy atom. The number of aryl methyl sites for hydroxylation is 3. The molecule has 0 unspecified atom stereocenters. The predicted molar refractivity (Wildman–Crippen MR) is 336 cm³/mol. The van der Waals surface area contributed by atoms with Crippen molar-refractivity contribution in [3.05, 3.63) is 201 Å². The molecule has 0 aromatic heterocycles. The summed E-state index contributed by atoms with van der Waals surface area (Å²) in [5, 5.41) is 0. The van der Waals surface area contributed by atoms with E-state index in [0.717, 1.165) is 18.5 Å². The number of hydrogen-bond acceptors (Lipinski definition) is 3. The molecular weight excluding hydrogens is 942 g/mol. The van der Waals surface area contributed by atoms with Crippen LogP contribution in [0, 0.1) is 20.8 Å². The molecule has 0 saturated heterocycles. The first-order chi connectivity index (χ1) is 36.8. The van der Waals surface area contributed by atoms with Gasteiger partial charge >= 0.3 is 0 Å². The van der Waals surface area contributed by atoms with Crippen LogP contribution in [0.15, 0.2) is 146 Å². The summed E-state index contributed by atoms with van der Waals surface area (Å²) in [4.78, 5) is 7.96. The Kier molecular flexibility index (Phi) is 11.0. The van der Waals surface area contributed by atoms with Gasteiger partial charge in [0.1, 0.15) is 0 Å². The van der Waals surface area contributed by atoms with Crippen molar-refractivity contribution < 1.29 is 0 Å². The molecule has 0 spiro atoms. The highest BCUT2D eigenvalue weighted by atomic mass is 15.2. The van der Waals surface area contributed by atoms with Crippen LogP contribution in [-0.4, -0.2) is 6.71 Å². The van der Waals surface area contributed by atoms with Crippen LogP contribution < -0.4 is 31.1 Å². The molecule has 8 aromatic carbocycles. The molecule has 0 N–H and O–H groups in total. The highest BCUT2D eigenvalue weighted by Gasteiger charge is 2.49. The highest BCUT2D eigenvalue weighted by Crippen LogP contribution is 2.59. The smallest absolute Gasteiger partial charge is 0.252 e. The Bertz CT molecular complexity index is 3790. The van der Waals surface area contributed by atoms with Crippen LogP contribution in [0.2, 0.25) is 0 Å². The molecule has 0 saturated carbocycles. The summed E-state index contributed by atoms with van der Waals surface area (Å²) in [5.41, 5.74) is 31.8. The van der Waals surface area contributed by atoms with Crippen molar-refractivity contribution >= 4 is 74.3 Å². The minimum Gasteiger partial charge on any atom is -0.311 e. The van der Waals surface area contributed by atoms with Gasteiger partial charge in [0.25, 0.3) is 6.71 Å². The van der Waals surface area contributed by atoms with Gasteiger partial charge in [0.05, 0.1) is 5.69 Å². The normalized spacial score (nSPS) is 18.2. The summed E-state index contributed by atoms with van der Waals surface area (Å²) in [6, 6.07) is 57.6. The van der Waals surface area contributed by atoms with Gasteiger partial charge in [-0.25, -0.2) is 0 Å². The fraction of sp³-hybridized carbons (Fsp3) is 0.351. The third kappa shape index (κ3) is 7.36. The lowest BCUT2D eigenvalue weighted by molar-refractivity contribution is 0.332. The second kappa shape index (κ2) is 16.9. The number of rotatable bonds is 5. The molecule has 2 aliphatic heterocycles. The van der Waals surface area contributed by atoms with Gasteiger partial charge in [-0.15, -0.1) is 0 Å². The van der Waals surface area contributed by atoms with Crippen molar-refractivity contribution in [2.75, 3.05) is 14.7 Å². The molecule has 3 nitrogen and oxygen atoms in total. The molecule has 13 rings (SSSR count). The third-order valence-electron chi connectivity index (χ3n) is 20.0. The molecule has 0 bridgehead atoms. The molecule has 0 amide bonds. The summed E-state index contributed by atoms with van der Waals surface area (Å²) in [5.74, 6) is 0. The zero-order valence-electron chi connectivity index (χ0n) is 49.6. The molecule has 0 fully saturated rings. The number of benzene rings is 8. The Morgan fingerprint density at radius 3 is 1.60 bits per heavy atom. The molecule has 3 aliphatic carbocycles. The van der Waals surface area contributed by atoms with E-state index < -0.39 is 0 Å². The molecule has 394 valence electrons. The monoisotopic (exact) mass is 1020 g/mol. The van der Waals surface area contributed by atoms with Crippen molar-refractivity contribution in [3.63, 3.8) is 0 Å². The van der Waals surface area contributed by atoms with Crippen LogP contribution >= 0.6 is 0 Å². The highest BCUT2D eigenvalue weighted by molar-refractivity contribution is 7.00. The Labute approximate surface area is 467 Å². The lowest BCUT2D eigenvalue weighted by atomic mass is 9.33. The van der Waals surface area contributed by atoms with Crippen LogP contribution in [0.25, 0.3) is 11.1 Å². The van der Waals surface area contributed by atoms with E-state index in [0.29, 0.717) is 0 Å². The van der Waals surface area contributed by atoms with Crippen LogP contribution in [-0.2, 0) is 32.5 Å². The summed E-state index contributed by atoms with van der Waals surface area (Å²) in [7, 11) is 0. The SMILES string of the molecule is Cc1cc2c3c(c1)N(c1ccc(C(C)(C)C)c4c1-c1ccccc1C4(C)C)c1cc(N(c4ccccc4C)c4ccccc4C)ccc1B3c1cc3c(cc1N2c1ccc2c(c1)C(C)(C)CCC2(C)C)C(C)(C)CCC3(C)C. The van der Waals surface area contributed by atoms with E-state index in [1.807, 2.05) is 0 Å². The largest absolute Gasteiger partial charge is 0.311 e. The maximum atomic E-state index is 2.73. The second-order valence-electron chi connectivity index (χ2n) is 28.5. The van der Waals surface area contributed by atoms with Gasteiger partial charge < -0.3 is 14.7 Å². The zero-order chi connectivity index (χ0) is 55.0. The Hall–Kier alpha value is -6.78. The van der Waals surface area contributed by atoms with Gasteiger partial charge in [-0.05, 0) is 212 Å². The average Bonchev–Trinajstić information content (AvgIpc) is 2.50. The maximum absolute atomic E-state index is 2.73. The van der Waals surface area contributed by atoms with Gasteiger partial charge in [-0.1, -0.05) is 175 Å². The van der Waals surface area contributed by atoms with E-state index in [9.17, 15) is 0 Å². The van der Waals surface area contributed by atoms with Crippen molar-refractivity contribution in [1.82, 2.24) is 0 Å². The van der Waals surface area contributed by atoms with Crippen LogP contribution in [0.3, 0.4) is 0 Å². The van der Waals surface area contributed by atoms with Gasteiger partial charge in [0.15, 0.2) is 0 Å². The first-order valence-electron chi connectivity index (χ1n) is 29.2. The number of hydrogen-bond donors (Lipinski definition) is 0. The van der Waals surface area contributed by atoms with Gasteiger partial charge in [0.2, 0.25) is 0 Å². The quantitative estimate of drug-likeness (QED) is 0.159. The molecule has 8 aromatic rings. The molecule has 0 atom stereocenters. The van der Waals surface area contributed by atoms with E-state index in [2.05, 4.69) is 271 Å². The van der Waals surface area contributed by atoms with Gasteiger partial charge in [0, 0.05) is 56.5 Å². The number of para-hydroxylation sites is 2. The molecule has 5 aliphatic rings. The van der Waals surface area contributed by atoms with Crippen LogP contribution in [0.5, 0.6) is 0 Å². The van der Waals surface area contributed by atoms with Crippen LogP contribution in [0.4, 0.5) is 51.2 Å². The standard InChI is InChI=1S/C74H80BN3/c1-45-39-64-68-65(40-45)78(61-34-32-53(69(4,5)6)67-66(61)50-25-19-20-26-51(50)74(67,15)16)62-42-49(76(59-27-21-17-23-46(59)2)60-28-22-18-24-47(60)3)30-33-57(62)75(68)58-43-55-56(73(13,14)38-37-72(55,11)12)44-63(58)77(64)48-29-31-52-54(41-48)71(9,10)36-35-70(52,7)8/h17-34,39-44H,35-38H2,1-16H3. The van der Waals surface area contributed by atoms with E-state index in [-0.39, 0.29) is 39.2 Å². The fourth-order valence-electron chi connectivity index (χ4n) is 15.3. The van der Waals surface area contributed by atoms with Crippen molar-refractivity contribution in [3.8, 4) is 11.1 Å². The fourth-order valence-corrected chi connectivity index (χ4v) is 15.3. The third-order valence-corrected chi connectivity index (χ3v) is 20.0. The van der Waals surface area contributed by atoms with Crippen molar-refractivity contribution in [1.29, 1.82) is 0 Å².